The van der Waals surface area contributed by atoms with E-state index in [1.54, 1.807) is 6.20 Å². The van der Waals surface area contributed by atoms with Crippen LogP contribution in [0, 0.1) is 27.7 Å². The molecule has 0 atom stereocenters. The predicted octanol–water partition coefficient (Wildman–Crippen LogP) is 4.14. The molecule has 1 aromatic carbocycles. The van der Waals surface area contributed by atoms with Gasteiger partial charge in [0, 0.05) is 41.6 Å². The molecular formula is C28H28N6O2S. The second-order valence-corrected chi connectivity index (χ2v) is 9.96. The van der Waals surface area contributed by atoms with Gasteiger partial charge in [-0.15, -0.1) is 11.3 Å². The first-order valence-corrected chi connectivity index (χ1v) is 13.0. The number of amides is 1. The van der Waals surface area contributed by atoms with Gasteiger partial charge in [0.1, 0.15) is 5.69 Å². The van der Waals surface area contributed by atoms with Gasteiger partial charge >= 0.3 is 0 Å². The lowest BCUT2D eigenvalue weighted by Crippen LogP contribution is -2.29. The van der Waals surface area contributed by atoms with E-state index in [9.17, 15) is 9.59 Å². The summed E-state index contributed by atoms with van der Waals surface area (Å²) in [5, 5.41) is 9.56. The standard InChI is InChI=1S/C28H28N6O2S/c1-17-8-7-10-24(19(17)3)34-18(2)14-23(32-34)26-20(4)31-28-33(27(26)36)22(16-37-28)15-25(35)30-13-11-21-9-5-6-12-29-21/h5-10,12,14,16H,11,13,15H2,1-4H3,(H,30,35). The number of hydrogen-bond acceptors (Lipinski definition) is 6. The predicted molar refractivity (Wildman–Crippen MR) is 145 cm³/mol. The summed E-state index contributed by atoms with van der Waals surface area (Å²) in [6, 6.07) is 13.7. The minimum atomic E-state index is -0.217. The van der Waals surface area contributed by atoms with Crippen molar-refractivity contribution in [2.75, 3.05) is 6.54 Å². The van der Waals surface area contributed by atoms with Crippen molar-refractivity contribution in [3.8, 4) is 16.9 Å². The first-order valence-electron chi connectivity index (χ1n) is 12.1. The van der Waals surface area contributed by atoms with Crippen molar-refractivity contribution >= 4 is 22.2 Å². The molecule has 0 saturated carbocycles. The lowest BCUT2D eigenvalue weighted by molar-refractivity contribution is -0.120. The monoisotopic (exact) mass is 512 g/mol. The molecule has 5 rings (SSSR count). The van der Waals surface area contributed by atoms with Crippen LogP contribution in [-0.2, 0) is 17.6 Å². The normalized spacial score (nSPS) is 11.2. The van der Waals surface area contributed by atoms with Crippen LogP contribution >= 0.6 is 11.3 Å². The van der Waals surface area contributed by atoms with Gasteiger partial charge in [-0.3, -0.25) is 19.0 Å². The number of nitrogens with one attached hydrogen (secondary N) is 1. The molecule has 9 heteroatoms. The highest BCUT2D eigenvalue weighted by Crippen LogP contribution is 2.25. The molecule has 0 saturated heterocycles. The number of aromatic nitrogens is 5. The van der Waals surface area contributed by atoms with Gasteiger partial charge < -0.3 is 5.32 Å². The molecule has 0 aliphatic rings. The number of carbonyl (C=O) groups is 1. The third-order valence-electron chi connectivity index (χ3n) is 6.54. The summed E-state index contributed by atoms with van der Waals surface area (Å²) in [4.78, 5) is 35.9. The highest BCUT2D eigenvalue weighted by atomic mass is 32.1. The Kier molecular flexibility index (Phi) is 6.71. The van der Waals surface area contributed by atoms with Crippen LogP contribution in [0.15, 0.2) is 58.8 Å². The minimum absolute atomic E-state index is 0.0856. The molecule has 8 nitrogen and oxygen atoms in total. The summed E-state index contributed by atoms with van der Waals surface area (Å²) in [6.07, 6.45) is 2.47. The maximum atomic E-state index is 13.7. The van der Waals surface area contributed by atoms with Crippen LogP contribution in [0.2, 0.25) is 0 Å². The number of benzene rings is 1. The zero-order valence-corrected chi connectivity index (χ0v) is 22.1. The summed E-state index contributed by atoms with van der Waals surface area (Å²) in [6.45, 7) is 8.41. The number of carbonyl (C=O) groups excluding carboxylic acids is 1. The van der Waals surface area contributed by atoms with Gasteiger partial charge in [-0.2, -0.15) is 5.10 Å². The molecule has 0 aliphatic carbocycles. The first-order chi connectivity index (χ1) is 17.8. The Morgan fingerprint density at radius 1 is 1.08 bits per heavy atom. The summed E-state index contributed by atoms with van der Waals surface area (Å²) in [5.74, 6) is -0.153. The fraction of sp³-hybridized carbons (Fsp3) is 0.250. The number of fused-ring (bicyclic) bond motifs is 1. The van der Waals surface area contributed by atoms with Crippen molar-refractivity contribution in [1.82, 2.24) is 29.5 Å². The molecule has 0 fully saturated rings. The van der Waals surface area contributed by atoms with E-state index in [1.165, 1.54) is 21.3 Å². The van der Waals surface area contributed by atoms with Crippen molar-refractivity contribution in [2.45, 2.75) is 40.5 Å². The van der Waals surface area contributed by atoms with Crippen LogP contribution in [0.5, 0.6) is 0 Å². The molecule has 0 unspecified atom stereocenters. The average Bonchev–Trinajstić information content (AvgIpc) is 3.44. The van der Waals surface area contributed by atoms with Crippen molar-refractivity contribution in [3.05, 3.63) is 98.3 Å². The van der Waals surface area contributed by atoms with Gasteiger partial charge in [0.25, 0.3) is 5.56 Å². The third-order valence-corrected chi connectivity index (χ3v) is 7.41. The topological polar surface area (TPSA) is 94.2 Å². The lowest BCUT2D eigenvalue weighted by atomic mass is 10.1. The van der Waals surface area contributed by atoms with E-state index in [-0.39, 0.29) is 17.9 Å². The molecule has 0 radical (unpaired) electrons. The van der Waals surface area contributed by atoms with Gasteiger partial charge in [0.2, 0.25) is 5.91 Å². The zero-order valence-electron chi connectivity index (χ0n) is 21.3. The smallest absolute Gasteiger partial charge is 0.268 e. The average molecular weight is 513 g/mol. The largest absolute Gasteiger partial charge is 0.355 e. The Bertz CT molecular complexity index is 1670. The molecule has 1 amide bonds. The van der Waals surface area contributed by atoms with E-state index < -0.39 is 0 Å². The van der Waals surface area contributed by atoms with Crippen LogP contribution in [0.1, 0.15) is 33.9 Å². The van der Waals surface area contributed by atoms with E-state index in [1.807, 2.05) is 60.3 Å². The molecule has 188 valence electrons. The van der Waals surface area contributed by atoms with Crippen LogP contribution in [0.25, 0.3) is 21.9 Å². The Labute approximate surface area is 218 Å². The molecule has 37 heavy (non-hydrogen) atoms. The Morgan fingerprint density at radius 3 is 2.70 bits per heavy atom. The van der Waals surface area contributed by atoms with Crippen LogP contribution in [0.4, 0.5) is 0 Å². The number of thiazole rings is 1. The molecular weight excluding hydrogens is 484 g/mol. The van der Waals surface area contributed by atoms with Crippen LogP contribution in [0.3, 0.4) is 0 Å². The number of aryl methyl sites for hydroxylation is 3. The summed E-state index contributed by atoms with van der Waals surface area (Å²) in [7, 11) is 0. The van der Waals surface area contributed by atoms with Gasteiger partial charge in [0.15, 0.2) is 4.96 Å². The highest BCUT2D eigenvalue weighted by molar-refractivity contribution is 7.15. The number of rotatable bonds is 7. The Hall–Kier alpha value is -4.11. The fourth-order valence-corrected chi connectivity index (χ4v) is 5.36. The van der Waals surface area contributed by atoms with Crippen LogP contribution in [-0.4, -0.2) is 36.6 Å². The molecule has 4 aromatic heterocycles. The molecule has 0 bridgehead atoms. The quantitative estimate of drug-likeness (QED) is 0.354. The van der Waals surface area contributed by atoms with Crippen molar-refractivity contribution < 1.29 is 4.79 Å². The van der Waals surface area contributed by atoms with E-state index in [4.69, 9.17) is 5.10 Å². The maximum Gasteiger partial charge on any atom is 0.268 e. The molecule has 1 N–H and O–H groups in total. The highest BCUT2D eigenvalue weighted by Gasteiger charge is 2.20. The van der Waals surface area contributed by atoms with E-state index in [2.05, 4.69) is 35.2 Å². The summed E-state index contributed by atoms with van der Waals surface area (Å²) in [5.41, 5.74) is 7.15. The van der Waals surface area contributed by atoms with Gasteiger partial charge in [-0.05, 0) is 63.1 Å². The number of pyridine rings is 1. The molecule has 0 spiro atoms. The van der Waals surface area contributed by atoms with E-state index >= 15 is 0 Å². The molecule has 0 aliphatic heterocycles. The molecule has 5 aromatic rings. The van der Waals surface area contributed by atoms with Crippen molar-refractivity contribution in [3.63, 3.8) is 0 Å². The lowest BCUT2D eigenvalue weighted by Gasteiger charge is -2.10. The zero-order chi connectivity index (χ0) is 26.1. The summed E-state index contributed by atoms with van der Waals surface area (Å²) < 4.78 is 3.41. The minimum Gasteiger partial charge on any atom is -0.355 e. The Morgan fingerprint density at radius 2 is 1.92 bits per heavy atom. The van der Waals surface area contributed by atoms with Gasteiger partial charge in [-0.25, -0.2) is 9.67 Å². The second kappa shape index (κ2) is 10.1. The van der Waals surface area contributed by atoms with E-state index in [0.717, 1.165) is 22.6 Å². The second-order valence-electron chi connectivity index (χ2n) is 9.12. The van der Waals surface area contributed by atoms with Gasteiger partial charge in [-0.1, -0.05) is 18.2 Å². The SMILES string of the molecule is Cc1cccc(-n2nc(-c3c(C)nc4scc(CC(=O)NCCc5ccccn5)n4c3=O)cc2C)c1C. The summed E-state index contributed by atoms with van der Waals surface area (Å²) >= 11 is 1.35. The van der Waals surface area contributed by atoms with E-state index in [0.29, 0.717) is 40.6 Å². The Balaban J connectivity index is 1.44. The van der Waals surface area contributed by atoms with Crippen LogP contribution < -0.4 is 10.9 Å². The van der Waals surface area contributed by atoms with Crippen molar-refractivity contribution in [2.24, 2.45) is 0 Å². The molecule has 4 heterocycles. The van der Waals surface area contributed by atoms with Gasteiger partial charge in [0.05, 0.1) is 23.4 Å². The first kappa shape index (κ1) is 24.6. The van der Waals surface area contributed by atoms with Crippen molar-refractivity contribution in [1.29, 1.82) is 0 Å². The number of nitrogens with zero attached hydrogens (tertiary/aromatic N) is 5. The third kappa shape index (κ3) is 4.82. The number of hydrogen-bond donors (Lipinski definition) is 1. The maximum absolute atomic E-state index is 13.7. The fourth-order valence-electron chi connectivity index (χ4n) is 4.43.